The molecule has 5 heteroatoms. The van der Waals surface area contributed by atoms with E-state index in [2.05, 4.69) is 22.4 Å². The van der Waals surface area contributed by atoms with Crippen LogP contribution in [0.2, 0.25) is 5.02 Å². The minimum absolute atomic E-state index is 0.147. The third kappa shape index (κ3) is 2.65. The van der Waals surface area contributed by atoms with Crippen LogP contribution in [-0.2, 0) is 6.42 Å². The molecule has 0 saturated heterocycles. The van der Waals surface area contributed by atoms with Gasteiger partial charge in [-0.15, -0.1) is 0 Å². The number of hydrogen-bond acceptors (Lipinski definition) is 4. The van der Waals surface area contributed by atoms with Crippen molar-refractivity contribution in [3.63, 3.8) is 0 Å². The molecule has 1 aromatic carbocycles. The molecule has 3 rings (SSSR count). The van der Waals surface area contributed by atoms with Crippen LogP contribution < -0.4 is 11.1 Å². The van der Waals surface area contributed by atoms with Crippen molar-refractivity contribution in [2.45, 2.75) is 25.3 Å². The quantitative estimate of drug-likeness (QED) is 0.829. The molecular weight excluding hydrogens is 284 g/mol. The Balaban J connectivity index is 1.93. The molecule has 0 saturated carbocycles. The number of nitrogen functional groups attached to an aromatic ring is 1. The van der Waals surface area contributed by atoms with Crippen LogP contribution in [0.25, 0.3) is 0 Å². The van der Waals surface area contributed by atoms with Gasteiger partial charge in [0.25, 0.3) is 0 Å². The minimum atomic E-state index is 0.147. The summed E-state index contributed by atoms with van der Waals surface area (Å²) >= 11 is 6.21. The third-order valence-electron chi connectivity index (χ3n) is 3.80. The number of nitrogens with one attached hydrogen (secondary N) is 1. The molecule has 106 valence electrons. The van der Waals surface area contributed by atoms with Gasteiger partial charge in [0.1, 0.15) is 16.9 Å². The summed E-state index contributed by atoms with van der Waals surface area (Å²) < 4.78 is 0. The van der Waals surface area contributed by atoms with Crippen molar-refractivity contribution in [1.29, 1.82) is 5.26 Å². The lowest BCUT2D eigenvalue weighted by Crippen LogP contribution is -2.18. The first-order chi connectivity index (χ1) is 10.2. The number of aryl methyl sites for hydroxylation is 1. The summed E-state index contributed by atoms with van der Waals surface area (Å²) in [7, 11) is 0. The number of halogens is 1. The van der Waals surface area contributed by atoms with Crippen molar-refractivity contribution in [3.05, 3.63) is 52.2 Å². The molecule has 0 fully saturated rings. The monoisotopic (exact) mass is 298 g/mol. The van der Waals surface area contributed by atoms with Crippen LogP contribution in [-0.4, -0.2) is 4.98 Å². The van der Waals surface area contributed by atoms with Crippen LogP contribution in [0, 0.1) is 11.3 Å². The summed E-state index contributed by atoms with van der Waals surface area (Å²) in [6.07, 6.45) is 4.73. The van der Waals surface area contributed by atoms with Crippen molar-refractivity contribution in [2.75, 3.05) is 11.1 Å². The van der Waals surface area contributed by atoms with Gasteiger partial charge in [0.15, 0.2) is 0 Å². The molecular formula is C16H15ClN4. The summed E-state index contributed by atoms with van der Waals surface area (Å²) in [4.78, 5) is 4.25. The summed E-state index contributed by atoms with van der Waals surface area (Å²) in [6.45, 7) is 0. The van der Waals surface area contributed by atoms with Gasteiger partial charge in [-0.25, -0.2) is 4.98 Å². The molecule has 0 radical (unpaired) electrons. The molecule has 1 aliphatic carbocycles. The SMILES string of the molecule is N#Cc1ccnc(NC2CCCc3cc(N)ccc32)c1Cl. The molecule has 1 heterocycles. The average Bonchev–Trinajstić information content (AvgIpc) is 2.49. The number of nitrogens with zero attached hydrogens (tertiary/aromatic N) is 2. The zero-order valence-corrected chi connectivity index (χ0v) is 12.2. The molecule has 1 atom stereocenters. The van der Waals surface area contributed by atoms with E-state index in [9.17, 15) is 0 Å². The predicted molar refractivity (Wildman–Crippen MR) is 84.1 cm³/mol. The molecule has 1 unspecified atom stereocenters. The lowest BCUT2D eigenvalue weighted by atomic mass is 9.87. The van der Waals surface area contributed by atoms with E-state index in [4.69, 9.17) is 22.6 Å². The molecule has 3 N–H and O–H groups in total. The van der Waals surface area contributed by atoms with Crippen molar-refractivity contribution < 1.29 is 0 Å². The van der Waals surface area contributed by atoms with Gasteiger partial charge < -0.3 is 11.1 Å². The Morgan fingerprint density at radius 3 is 3.05 bits per heavy atom. The zero-order chi connectivity index (χ0) is 14.8. The Morgan fingerprint density at radius 2 is 2.24 bits per heavy atom. The maximum atomic E-state index is 9.03. The van der Waals surface area contributed by atoms with Crippen molar-refractivity contribution in [3.8, 4) is 6.07 Å². The topological polar surface area (TPSA) is 74.7 Å². The number of nitrogens with two attached hydrogens (primary N) is 1. The number of pyridine rings is 1. The molecule has 4 nitrogen and oxygen atoms in total. The summed E-state index contributed by atoms with van der Waals surface area (Å²) in [5.74, 6) is 0.561. The van der Waals surface area contributed by atoms with Crippen LogP contribution in [0.3, 0.4) is 0 Å². The second-order valence-electron chi connectivity index (χ2n) is 5.18. The first kappa shape index (κ1) is 13.7. The normalized spacial score (nSPS) is 16.9. The van der Waals surface area contributed by atoms with E-state index in [0.29, 0.717) is 16.4 Å². The van der Waals surface area contributed by atoms with Crippen molar-refractivity contribution in [1.82, 2.24) is 4.98 Å². The van der Waals surface area contributed by atoms with E-state index in [-0.39, 0.29) is 6.04 Å². The number of anilines is 2. The highest BCUT2D eigenvalue weighted by Gasteiger charge is 2.21. The maximum Gasteiger partial charge on any atom is 0.146 e. The number of nitriles is 1. The number of hydrogen-bond donors (Lipinski definition) is 2. The third-order valence-corrected chi connectivity index (χ3v) is 4.18. The van der Waals surface area contributed by atoms with E-state index < -0.39 is 0 Å². The number of benzene rings is 1. The number of fused-ring (bicyclic) bond motifs is 1. The molecule has 0 spiro atoms. The fourth-order valence-corrected chi connectivity index (χ4v) is 2.99. The lowest BCUT2D eigenvalue weighted by Gasteiger charge is -2.27. The van der Waals surface area contributed by atoms with Gasteiger partial charge in [0, 0.05) is 11.9 Å². The van der Waals surface area contributed by atoms with Crippen LogP contribution >= 0.6 is 11.6 Å². The van der Waals surface area contributed by atoms with Crippen LogP contribution in [0.4, 0.5) is 11.5 Å². The standard InChI is InChI=1S/C16H15ClN4/c17-15-11(9-18)6-7-20-16(15)21-14-3-1-2-10-8-12(19)4-5-13(10)14/h4-8,14H,1-3,19H2,(H,20,21). The Labute approximate surface area is 128 Å². The second kappa shape index (κ2) is 5.63. The Hall–Kier alpha value is -2.25. The van der Waals surface area contributed by atoms with E-state index in [1.165, 1.54) is 11.1 Å². The highest BCUT2D eigenvalue weighted by atomic mass is 35.5. The summed E-state index contributed by atoms with van der Waals surface area (Å²) in [6, 6.07) is 9.84. The minimum Gasteiger partial charge on any atom is -0.399 e. The van der Waals surface area contributed by atoms with Gasteiger partial charge in [-0.1, -0.05) is 17.7 Å². The predicted octanol–water partition coefficient (Wildman–Crippen LogP) is 3.68. The molecule has 0 aliphatic heterocycles. The van der Waals surface area contributed by atoms with Gasteiger partial charge in [-0.3, -0.25) is 0 Å². The number of rotatable bonds is 2. The molecule has 0 amide bonds. The second-order valence-corrected chi connectivity index (χ2v) is 5.56. The van der Waals surface area contributed by atoms with Gasteiger partial charge in [0.05, 0.1) is 11.6 Å². The van der Waals surface area contributed by atoms with E-state index in [0.717, 1.165) is 24.9 Å². The highest BCUT2D eigenvalue weighted by molar-refractivity contribution is 6.34. The van der Waals surface area contributed by atoms with E-state index in [1.807, 2.05) is 12.1 Å². The van der Waals surface area contributed by atoms with Crippen LogP contribution in [0.15, 0.2) is 30.5 Å². The van der Waals surface area contributed by atoms with Gasteiger partial charge in [-0.05, 0) is 48.6 Å². The first-order valence-corrected chi connectivity index (χ1v) is 7.26. The smallest absolute Gasteiger partial charge is 0.146 e. The Morgan fingerprint density at radius 1 is 1.38 bits per heavy atom. The van der Waals surface area contributed by atoms with Gasteiger partial charge in [0.2, 0.25) is 0 Å². The van der Waals surface area contributed by atoms with E-state index >= 15 is 0 Å². The van der Waals surface area contributed by atoms with Crippen LogP contribution in [0.5, 0.6) is 0 Å². The lowest BCUT2D eigenvalue weighted by molar-refractivity contribution is 0.599. The van der Waals surface area contributed by atoms with Crippen molar-refractivity contribution >= 4 is 23.1 Å². The fraction of sp³-hybridized carbons (Fsp3) is 0.250. The number of aromatic nitrogens is 1. The summed E-state index contributed by atoms with van der Waals surface area (Å²) in [5.41, 5.74) is 9.58. The van der Waals surface area contributed by atoms with Crippen LogP contribution in [0.1, 0.15) is 35.6 Å². The first-order valence-electron chi connectivity index (χ1n) is 6.88. The molecule has 21 heavy (non-hydrogen) atoms. The van der Waals surface area contributed by atoms with Crippen molar-refractivity contribution in [2.24, 2.45) is 0 Å². The summed E-state index contributed by atoms with van der Waals surface area (Å²) in [5, 5.41) is 12.8. The molecule has 0 bridgehead atoms. The highest BCUT2D eigenvalue weighted by Crippen LogP contribution is 2.35. The maximum absolute atomic E-state index is 9.03. The van der Waals surface area contributed by atoms with E-state index in [1.54, 1.807) is 12.3 Å². The molecule has 2 aromatic rings. The Kier molecular flexibility index (Phi) is 3.68. The van der Waals surface area contributed by atoms with Gasteiger partial charge in [-0.2, -0.15) is 5.26 Å². The molecule has 1 aromatic heterocycles. The fourth-order valence-electron chi connectivity index (χ4n) is 2.78. The zero-order valence-electron chi connectivity index (χ0n) is 11.4. The average molecular weight is 299 g/mol. The molecule has 1 aliphatic rings. The largest absolute Gasteiger partial charge is 0.399 e. The Bertz CT molecular complexity index is 721. The van der Waals surface area contributed by atoms with Gasteiger partial charge >= 0.3 is 0 Å².